The third kappa shape index (κ3) is 4.44. The molecule has 2 unspecified atom stereocenters. The van der Waals surface area contributed by atoms with Gasteiger partial charge >= 0.3 is 0 Å². The molecule has 2 fully saturated rings. The Labute approximate surface area is 185 Å². The van der Waals surface area contributed by atoms with Crippen molar-refractivity contribution in [2.45, 2.75) is 18.5 Å². The lowest BCUT2D eigenvalue weighted by molar-refractivity contribution is 0.191. The lowest BCUT2D eigenvalue weighted by Gasteiger charge is -2.28. The molecule has 31 heavy (non-hydrogen) atoms. The van der Waals surface area contributed by atoms with Gasteiger partial charge in [0.1, 0.15) is 24.7 Å². The molecule has 0 aliphatic carbocycles. The van der Waals surface area contributed by atoms with Gasteiger partial charge in [-0.3, -0.25) is 19.6 Å². The highest BCUT2D eigenvalue weighted by atomic mass is 16.5. The SMILES string of the molecule is CN1CC2c3ccccc3OCCOc3ccccc3C3CN(C)CN3CCCN2C1. The highest BCUT2D eigenvalue weighted by Gasteiger charge is 2.34. The minimum atomic E-state index is 0.376. The Morgan fingerprint density at radius 2 is 1.13 bits per heavy atom. The van der Waals surface area contributed by atoms with Crippen LogP contribution in [0.3, 0.4) is 0 Å². The summed E-state index contributed by atoms with van der Waals surface area (Å²) in [4.78, 5) is 10.1. The minimum Gasteiger partial charge on any atom is -0.490 e. The zero-order chi connectivity index (χ0) is 21.2. The van der Waals surface area contributed by atoms with Crippen LogP contribution in [0.5, 0.6) is 11.5 Å². The Hall–Kier alpha value is -2.12. The van der Waals surface area contributed by atoms with Crippen molar-refractivity contribution in [1.82, 2.24) is 19.6 Å². The Morgan fingerprint density at radius 3 is 1.61 bits per heavy atom. The van der Waals surface area contributed by atoms with Crippen LogP contribution in [-0.2, 0) is 0 Å². The summed E-state index contributed by atoms with van der Waals surface area (Å²) in [5, 5.41) is 0. The van der Waals surface area contributed by atoms with E-state index in [0.717, 1.165) is 57.4 Å². The third-order valence-corrected chi connectivity index (χ3v) is 6.74. The molecule has 166 valence electrons. The molecule has 0 bridgehead atoms. The molecular weight excluding hydrogens is 388 g/mol. The summed E-state index contributed by atoms with van der Waals surface area (Å²) in [5.41, 5.74) is 2.59. The topological polar surface area (TPSA) is 31.4 Å². The maximum absolute atomic E-state index is 6.24. The maximum Gasteiger partial charge on any atom is 0.124 e. The predicted molar refractivity (Wildman–Crippen MR) is 122 cm³/mol. The second kappa shape index (κ2) is 9.17. The maximum atomic E-state index is 6.24. The van der Waals surface area contributed by atoms with E-state index in [1.165, 1.54) is 11.1 Å². The van der Waals surface area contributed by atoms with Crippen molar-refractivity contribution >= 4 is 0 Å². The van der Waals surface area contributed by atoms with Gasteiger partial charge in [-0.05, 0) is 32.6 Å². The van der Waals surface area contributed by atoms with Crippen LogP contribution in [0.4, 0.5) is 0 Å². The van der Waals surface area contributed by atoms with E-state index < -0.39 is 0 Å². The van der Waals surface area contributed by atoms with Gasteiger partial charge in [0.2, 0.25) is 0 Å². The molecule has 2 aromatic carbocycles. The van der Waals surface area contributed by atoms with Crippen LogP contribution in [0.1, 0.15) is 29.6 Å². The highest BCUT2D eigenvalue weighted by molar-refractivity contribution is 5.38. The molecule has 3 aliphatic rings. The number of hydrogen-bond acceptors (Lipinski definition) is 6. The van der Waals surface area contributed by atoms with E-state index in [9.17, 15) is 0 Å². The van der Waals surface area contributed by atoms with Crippen LogP contribution in [0.2, 0.25) is 0 Å². The summed E-state index contributed by atoms with van der Waals surface area (Å²) in [6.45, 7) is 7.37. The van der Waals surface area contributed by atoms with Gasteiger partial charge in [0.25, 0.3) is 0 Å². The summed E-state index contributed by atoms with van der Waals surface area (Å²) in [7, 11) is 4.43. The first-order valence-electron chi connectivity index (χ1n) is 11.5. The Bertz CT molecular complexity index is 820. The van der Waals surface area contributed by atoms with Crippen molar-refractivity contribution in [2.24, 2.45) is 0 Å². The van der Waals surface area contributed by atoms with Gasteiger partial charge in [0, 0.05) is 37.3 Å². The number of likely N-dealkylation sites (N-methyl/N-ethyl adjacent to an activating group) is 2. The van der Waals surface area contributed by atoms with E-state index in [1.807, 2.05) is 0 Å². The van der Waals surface area contributed by atoms with Crippen molar-refractivity contribution in [3.05, 3.63) is 59.7 Å². The molecule has 6 nitrogen and oxygen atoms in total. The Balaban J connectivity index is 1.43. The number of fused-ring (bicyclic) bond motifs is 6. The van der Waals surface area contributed by atoms with Crippen LogP contribution in [0, 0.1) is 0 Å². The molecule has 0 radical (unpaired) electrons. The number of para-hydroxylation sites is 2. The first kappa shape index (κ1) is 20.8. The summed E-state index contributed by atoms with van der Waals surface area (Å²) < 4.78 is 12.5. The van der Waals surface area contributed by atoms with E-state index >= 15 is 0 Å². The number of ether oxygens (including phenoxy) is 2. The van der Waals surface area contributed by atoms with Crippen LogP contribution >= 0.6 is 0 Å². The smallest absolute Gasteiger partial charge is 0.124 e. The normalized spacial score (nSPS) is 26.5. The molecule has 5 rings (SSSR count). The number of benzene rings is 2. The molecular formula is C25H34N4O2. The van der Waals surface area contributed by atoms with E-state index in [1.54, 1.807) is 0 Å². The van der Waals surface area contributed by atoms with Gasteiger partial charge in [0.15, 0.2) is 0 Å². The van der Waals surface area contributed by atoms with Gasteiger partial charge in [-0.25, -0.2) is 0 Å². The van der Waals surface area contributed by atoms with E-state index in [4.69, 9.17) is 9.47 Å². The number of nitrogens with zero attached hydrogens (tertiary/aromatic N) is 4. The summed E-state index contributed by atoms with van der Waals surface area (Å²) in [6.07, 6.45) is 1.15. The van der Waals surface area contributed by atoms with Crippen molar-refractivity contribution in [3.8, 4) is 11.5 Å². The highest BCUT2D eigenvalue weighted by Crippen LogP contribution is 2.36. The van der Waals surface area contributed by atoms with Gasteiger partial charge in [-0.15, -0.1) is 0 Å². The van der Waals surface area contributed by atoms with E-state index in [0.29, 0.717) is 25.3 Å². The lowest BCUT2D eigenvalue weighted by atomic mass is 10.0. The van der Waals surface area contributed by atoms with Crippen LogP contribution < -0.4 is 9.47 Å². The molecule has 0 aromatic heterocycles. The van der Waals surface area contributed by atoms with Crippen LogP contribution in [0.25, 0.3) is 0 Å². The van der Waals surface area contributed by atoms with Crippen LogP contribution in [-0.4, -0.2) is 86.4 Å². The molecule has 2 saturated heterocycles. The zero-order valence-corrected chi connectivity index (χ0v) is 18.7. The molecule has 2 aromatic rings. The molecule has 6 heteroatoms. The van der Waals surface area contributed by atoms with Crippen LogP contribution in [0.15, 0.2) is 48.5 Å². The molecule has 0 amide bonds. The van der Waals surface area contributed by atoms with Gasteiger partial charge in [0.05, 0.1) is 25.4 Å². The Morgan fingerprint density at radius 1 is 0.677 bits per heavy atom. The third-order valence-electron chi connectivity index (χ3n) is 6.74. The predicted octanol–water partition coefficient (Wildman–Crippen LogP) is 3.04. The molecule has 2 atom stereocenters. The molecule has 3 heterocycles. The monoisotopic (exact) mass is 422 g/mol. The summed E-state index contributed by atoms with van der Waals surface area (Å²) in [6, 6.07) is 17.8. The minimum absolute atomic E-state index is 0.376. The van der Waals surface area contributed by atoms with Gasteiger partial charge in [-0.2, -0.15) is 0 Å². The second-order valence-electron chi connectivity index (χ2n) is 9.14. The fraction of sp³-hybridized carbons (Fsp3) is 0.520. The molecule has 3 aliphatic heterocycles. The molecule has 0 spiro atoms. The zero-order valence-electron chi connectivity index (χ0n) is 18.7. The fourth-order valence-electron chi connectivity index (χ4n) is 5.35. The van der Waals surface area contributed by atoms with Gasteiger partial charge in [-0.1, -0.05) is 36.4 Å². The van der Waals surface area contributed by atoms with Crippen molar-refractivity contribution in [1.29, 1.82) is 0 Å². The number of hydrogen-bond donors (Lipinski definition) is 0. The lowest BCUT2D eigenvalue weighted by Crippen LogP contribution is -2.32. The summed E-state index contributed by atoms with van der Waals surface area (Å²) >= 11 is 0. The van der Waals surface area contributed by atoms with Gasteiger partial charge < -0.3 is 9.47 Å². The average molecular weight is 423 g/mol. The van der Waals surface area contributed by atoms with E-state index in [2.05, 4.69) is 82.2 Å². The van der Waals surface area contributed by atoms with E-state index in [-0.39, 0.29) is 0 Å². The first-order valence-corrected chi connectivity index (χ1v) is 11.5. The summed E-state index contributed by atoms with van der Waals surface area (Å²) in [5.74, 6) is 1.98. The van der Waals surface area contributed by atoms with Crippen molar-refractivity contribution in [3.63, 3.8) is 0 Å². The quantitative estimate of drug-likeness (QED) is 0.649. The second-order valence-corrected chi connectivity index (χ2v) is 9.14. The van der Waals surface area contributed by atoms with Crippen molar-refractivity contribution in [2.75, 3.05) is 66.8 Å². The fourth-order valence-corrected chi connectivity index (χ4v) is 5.35. The van der Waals surface area contributed by atoms with Crippen molar-refractivity contribution < 1.29 is 9.47 Å². The number of rotatable bonds is 0. The largest absolute Gasteiger partial charge is 0.490 e. The molecule has 0 N–H and O–H groups in total. The standard InChI is InChI=1S/C25H34N4O2/c1-26-16-22-20-8-3-5-10-24(20)30-14-15-31-25-11-6-4-9-21(25)23-17-27(2)19-29(23)13-7-12-28(22)18-26/h3-6,8-11,22-23H,7,12-19H2,1-2H3. The first-order chi connectivity index (χ1) is 15.2. The Kier molecular flexibility index (Phi) is 6.14. The average Bonchev–Trinajstić information content (AvgIpc) is 3.33. The molecule has 0 saturated carbocycles.